The highest BCUT2D eigenvalue weighted by molar-refractivity contribution is 5.59. The normalized spacial score (nSPS) is 8.77. The second-order valence-electron chi connectivity index (χ2n) is 2.24. The number of nitrogen functional groups attached to an aromatic ring is 2. The Labute approximate surface area is 76.5 Å². The molecule has 6 N–H and O–H groups in total. The summed E-state index contributed by atoms with van der Waals surface area (Å²) in [7, 11) is 0. The number of nitrogens with two attached hydrogens (primary N) is 2. The molecule has 0 spiro atoms. The van der Waals surface area contributed by atoms with Gasteiger partial charge in [-0.25, -0.2) is 4.89 Å². The summed E-state index contributed by atoms with van der Waals surface area (Å²) in [5, 5.41) is 16.2. The van der Waals surface area contributed by atoms with Crippen molar-refractivity contribution in [1.82, 2.24) is 0 Å². The van der Waals surface area contributed by atoms with E-state index in [2.05, 4.69) is 4.89 Å². The summed E-state index contributed by atoms with van der Waals surface area (Å²) in [6, 6.07) is 4.56. The highest BCUT2D eigenvalue weighted by Crippen LogP contribution is 2.20. The molecule has 5 heteroatoms. The van der Waals surface area contributed by atoms with Gasteiger partial charge in [-0.3, -0.25) is 5.26 Å². The minimum atomic E-state index is 0.0733. The van der Waals surface area contributed by atoms with Crippen molar-refractivity contribution in [3.63, 3.8) is 0 Å². The van der Waals surface area contributed by atoms with Crippen LogP contribution in [-0.4, -0.2) is 17.0 Å². The fourth-order valence-electron chi connectivity index (χ4n) is 0.573. The van der Waals surface area contributed by atoms with E-state index in [1.54, 1.807) is 13.0 Å². The Bertz CT molecular complexity index is 251. The van der Waals surface area contributed by atoms with Gasteiger partial charge in [-0.2, -0.15) is 0 Å². The van der Waals surface area contributed by atoms with Crippen molar-refractivity contribution in [3.05, 3.63) is 18.2 Å². The van der Waals surface area contributed by atoms with E-state index in [9.17, 15) is 0 Å². The van der Waals surface area contributed by atoms with Gasteiger partial charge < -0.3 is 16.6 Å². The highest BCUT2D eigenvalue weighted by Gasteiger charge is 1.93. The minimum Gasteiger partial charge on any atom is -0.506 e. The van der Waals surface area contributed by atoms with Crippen LogP contribution in [0.15, 0.2) is 18.2 Å². The molecule has 1 aromatic rings. The van der Waals surface area contributed by atoms with Crippen molar-refractivity contribution in [1.29, 1.82) is 0 Å². The lowest BCUT2D eigenvalue weighted by Crippen LogP contribution is -1.88. The lowest BCUT2D eigenvalue weighted by atomic mass is 10.3. The van der Waals surface area contributed by atoms with Crippen LogP contribution in [-0.2, 0) is 4.89 Å². The average molecular weight is 186 g/mol. The molecule has 1 aromatic carbocycles. The van der Waals surface area contributed by atoms with Gasteiger partial charge in [0.25, 0.3) is 0 Å². The minimum absolute atomic E-state index is 0.0733. The van der Waals surface area contributed by atoms with Gasteiger partial charge >= 0.3 is 0 Å². The summed E-state index contributed by atoms with van der Waals surface area (Å²) in [4.78, 5) is 3.54. The summed E-state index contributed by atoms with van der Waals surface area (Å²) in [6.07, 6.45) is 0. The molecule has 13 heavy (non-hydrogen) atoms. The first-order valence-corrected chi connectivity index (χ1v) is 3.72. The molecule has 0 saturated carbocycles. The molecule has 0 aliphatic rings. The Hall–Kier alpha value is -1.46. The first kappa shape index (κ1) is 11.5. The molecule has 0 bridgehead atoms. The molecule has 0 atom stereocenters. The van der Waals surface area contributed by atoms with Gasteiger partial charge in [-0.1, -0.05) is 0 Å². The Morgan fingerprint density at radius 2 is 1.92 bits per heavy atom. The number of aromatic hydroxyl groups is 1. The third-order valence-electron chi connectivity index (χ3n) is 1.18. The van der Waals surface area contributed by atoms with Crippen LogP contribution < -0.4 is 11.5 Å². The van der Waals surface area contributed by atoms with Crippen molar-refractivity contribution in [2.45, 2.75) is 6.92 Å². The second-order valence-corrected chi connectivity index (χ2v) is 2.24. The Morgan fingerprint density at radius 1 is 1.38 bits per heavy atom. The Morgan fingerprint density at radius 3 is 2.23 bits per heavy atom. The molecule has 0 aliphatic heterocycles. The van der Waals surface area contributed by atoms with Crippen LogP contribution >= 0.6 is 0 Å². The molecule has 0 aliphatic carbocycles. The van der Waals surface area contributed by atoms with Crippen LogP contribution in [0, 0.1) is 0 Å². The summed E-state index contributed by atoms with van der Waals surface area (Å²) in [6.45, 7) is 2.08. The lowest BCUT2D eigenvalue weighted by molar-refractivity contribution is -0.237. The molecule has 5 nitrogen and oxygen atoms in total. The standard InChI is InChI=1S/C6H8N2O.C2H6O2/c7-4-1-2-6(9)5(8)3-4;1-2-4-3/h1-3,9H,7-8H2;3H,2H2,1H3. The summed E-state index contributed by atoms with van der Waals surface area (Å²) in [5.41, 5.74) is 11.5. The highest BCUT2D eigenvalue weighted by atomic mass is 17.1. The molecule has 1 rings (SSSR count). The number of rotatable bonds is 1. The van der Waals surface area contributed by atoms with Crippen LogP contribution in [0.3, 0.4) is 0 Å². The summed E-state index contributed by atoms with van der Waals surface area (Å²) in [5.74, 6) is 0.0733. The van der Waals surface area contributed by atoms with E-state index < -0.39 is 0 Å². The molecule has 74 valence electrons. The predicted molar refractivity (Wildman–Crippen MR) is 51.2 cm³/mol. The fraction of sp³-hybridized carbons (Fsp3) is 0.250. The third-order valence-corrected chi connectivity index (χ3v) is 1.18. The molecular formula is C8H14N2O3. The van der Waals surface area contributed by atoms with Crippen molar-refractivity contribution in [2.75, 3.05) is 18.1 Å². The van der Waals surface area contributed by atoms with Gasteiger partial charge in [0.15, 0.2) is 0 Å². The quantitative estimate of drug-likeness (QED) is 0.173. The maximum Gasteiger partial charge on any atom is 0.138 e. The SMILES string of the molecule is CCOO.Nc1ccc(O)c(N)c1. The van der Waals surface area contributed by atoms with E-state index in [-0.39, 0.29) is 5.75 Å². The van der Waals surface area contributed by atoms with E-state index in [4.69, 9.17) is 21.8 Å². The number of phenolic OH excluding ortho intramolecular Hbond substituents is 1. The number of anilines is 2. The van der Waals surface area contributed by atoms with E-state index in [0.717, 1.165) is 0 Å². The topological polar surface area (TPSA) is 102 Å². The molecule has 0 radical (unpaired) electrons. The van der Waals surface area contributed by atoms with Crippen LogP contribution in [0.5, 0.6) is 5.75 Å². The Balaban J connectivity index is 0.000000310. The van der Waals surface area contributed by atoms with Gasteiger partial charge in [0.05, 0.1) is 12.3 Å². The van der Waals surface area contributed by atoms with E-state index in [1.165, 1.54) is 12.1 Å². The zero-order chi connectivity index (χ0) is 10.3. The first-order valence-electron chi connectivity index (χ1n) is 3.72. The molecular weight excluding hydrogens is 172 g/mol. The van der Waals surface area contributed by atoms with Crippen LogP contribution in [0.1, 0.15) is 6.92 Å². The predicted octanol–water partition coefficient (Wildman–Crippen LogP) is 1.05. The second kappa shape index (κ2) is 6.10. The van der Waals surface area contributed by atoms with Crippen LogP contribution in [0.2, 0.25) is 0 Å². The van der Waals surface area contributed by atoms with Crippen molar-refractivity contribution in [2.24, 2.45) is 0 Å². The number of hydrogen-bond acceptors (Lipinski definition) is 5. The largest absolute Gasteiger partial charge is 0.506 e. The molecule has 0 amide bonds. The van der Waals surface area contributed by atoms with E-state index >= 15 is 0 Å². The monoisotopic (exact) mass is 186 g/mol. The zero-order valence-corrected chi connectivity index (χ0v) is 7.40. The third kappa shape index (κ3) is 4.89. The smallest absolute Gasteiger partial charge is 0.138 e. The van der Waals surface area contributed by atoms with Crippen LogP contribution in [0.25, 0.3) is 0 Å². The summed E-state index contributed by atoms with van der Waals surface area (Å²) >= 11 is 0. The molecule has 0 fully saturated rings. The molecule has 0 saturated heterocycles. The molecule has 0 aromatic heterocycles. The molecule has 0 heterocycles. The van der Waals surface area contributed by atoms with E-state index in [0.29, 0.717) is 18.0 Å². The van der Waals surface area contributed by atoms with E-state index in [1.807, 2.05) is 0 Å². The first-order chi connectivity index (χ1) is 6.11. The van der Waals surface area contributed by atoms with Crippen molar-refractivity contribution < 1.29 is 15.3 Å². The summed E-state index contributed by atoms with van der Waals surface area (Å²) < 4.78 is 0. The maximum absolute atomic E-state index is 8.86. The number of benzene rings is 1. The lowest BCUT2D eigenvalue weighted by Gasteiger charge is -1.97. The van der Waals surface area contributed by atoms with Gasteiger partial charge in [-0.15, -0.1) is 0 Å². The maximum atomic E-state index is 8.86. The molecule has 0 unspecified atom stereocenters. The van der Waals surface area contributed by atoms with Gasteiger partial charge in [0.2, 0.25) is 0 Å². The number of phenols is 1. The van der Waals surface area contributed by atoms with Gasteiger partial charge in [0.1, 0.15) is 5.75 Å². The van der Waals surface area contributed by atoms with Crippen LogP contribution in [0.4, 0.5) is 11.4 Å². The Kier molecular flexibility index (Phi) is 5.42. The van der Waals surface area contributed by atoms with Crippen molar-refractivity contribution in [3.8, 4) is 5.75 Å². The zero-order valence-electron chi connectivity index (χ0n) is 7.40. The fourth-order valence-corrected chi connectivity index (χ4v) is 0.573. The average Bonchev–Trinajstić information content (AvgIpc) is 2.12. The number of hydrogen-bond donors (Lipinski definition) is 4. The van der Waals surface area contributed by atoms with Gasteiger partial charge in [-0.05, 0) is 25.1 Å². The van der Waals surface area contributed by atoms with Gasteiger partial charge in [0, 0.05) is 5.69 Å². The van der Waals surface area contributed by atoms with Crippen molar-refractivity contribution >= 4 is 11.4 Å².